The zero-order valence-corrected chi connectivity index (χ0v) is 21.9. The summed E-state index contributed by atoms with van der Waals surface area (Å²) in [5.41, 5.74) is -0.444. The number of aliphatic hydroxyl groups excluding tert-OH is 8. The van der Waals surface area contributed by atoms with Crippen LogP contribution in [0.15, 0.2) is 48.5 Å². The van der Waals surface area contributed by atoms with Crippen molar-refractivity contribution in [1.82, 2.24) is 10.6 Å². The predicted molar refractivity (Wildman–Crippen MR) is 143 cm³/mol. The minimum Gasteiger partial charge on any atom is -0.491 e. The Morgan fingerprint density at radius 2 is 0.846 bits per heavy atom. The number of β-amino-alcohol motifs (C(OH)–C–C–N with tert-alkyl or cyclic N) is 2. The highest BCUT2D eigenvalue weighted by atomic mass is 16.5. The molecule has 0 aromatic heterocycles. The molecular weight excluding hydrogens is 512 g/mol. The summed E-state index contributed by atoms with van der Waals surface area (Å²) in [6.07, 6.45) is -1.17. The first kappa shape index (κ1) is 32.8. The second-order valence-electron chi connectivity index (χ2n) is 9.67. The molecule has 0 fully saturated rings. The SMILES string of the molecule is OCC(CO)(CO)NCC(O)COc1ccc(Cc2ccc(OCC(O)CNC(CO)(CO)CO)cc2)cc1. The van der Waals surface area contributed by atoms with Crippen LogP contribution < -0.4 is 20.1 Å². The molecule has 2 unspecified atom stereocenters. The van der Waals surface area contributed by atoms with Crippen LogP contribution in [0.3, 0.4) is 0 Å². The van der Waals surface area contributed by atoms with Gasteiger partial charge in [0.05, 0.1) is 50.7 Å². The van der Waals surface area contributed by atoms with Gasteiger partial charge in [0.2, 0.25) is 0 Å². The first-order valence-corrected chi connectivity index (χ1v) is 12.7. The van der Waals surface area contributed by atoms with Crippen LogP contribution in [-0.4, -0.2) is 130 Å². The minimum atomic E-state index is -1.26. The standard InChI is InChI=1S/C27H42N2O10/c30-14-26(15-31,16-32)28-10-22(36)12-38-24-5-1-20(2-6-24)9-21-3-7-25(8-4-21)39-13-23(37)11-29-27(17-33,18-34)19-35/h1-8,22-23,28-37H,9-19H2. The van der Waals surface area contributed by atoms with Crippen molar-refractivity contribution in [2.24, 2.45) is 0 Å². The van der Waals surface area contributed by atoms with Gasteiger partial charge >= 0.3 is 0 Å². The fourth-order valence-corrected chi connectivity index (χ4v) is 3.45. The largest absolute Gasteiger partial charge is 0.491 e. The molecule has 2 aromatic rings. The molecule has 0 amide bonds. The fourth-order valence-electron chi connectivity index (χ4n) is 3.45. The van der Waals surface area contributed by atoms with Gasteiger partial charge in [0.15, 0.2) is 0 Å². The van der Waals surface area contributed by atoms with Crippen LogP contribution >= 0.6 is 0 Å². The fraction of sp³-hybridized carbons (Fsp3) is 0.556. The van der Waals surface area contributed by atoms with E-state index in [1.165, 1.54) is 0 Å². The van der Waals surface area contributed by atoms with E-state index in [0.717, 1.165) is 11.1 Å². The molecule has 220 valence electrons. The molecule has 39 heavy (non-hydrogen) atoms. The maximum atomic E-state index is 10.1. The molecule has 0 bridgehead atoms. The van der Waals surface area contributed by atoms with Crippen molar-refractivity contribution in [3.05, 3.63) is 59.7 Å². The van der Waals surface area contributed by atoms with Gasteiger partial charge in [-0.15, -0.1) is 0 Å². The van der Waals surface area contributed by atoms with Crippen molar-refractivity contribution in [3.63, 3.8) is 0 Å². The van der Waals surface area contributed by atoms with Gasteiger partial charge in [0.1, 0.15) is 36.9 Å². The molecule has 0 aliphatic heterocycles. The third-order valence-electron chi connectivity index (χ3n) is 6.38. The quantitative estimate of drug-likeness (QED) is 0.0816. The number of hydrogen-bond donors (Lipinski definition) is 10. The molecule has 2 aromatic carbocycles. The number of hydrogen-bond acceptors (Lipinski definition) is 12. The number of ether oxygens (including phenoxy) is 2. The van der Waals surface area contributed by atoms with Crippen LogP contribution in [0.25, 0.3) is 0 Å². The Hall–Kier alpha value is -2.36. The highest BCUT2D eigenvalue weighted by molar-refractivity contribution is 5.34. The molecule has 12 nitrogen and oxygen atoms in total. The molecule has 2 rings (SSSR count). The van der Waals surface area contributed by atoms with Gasteiger partial charge in [-0.25, -0.2) is 0 Å². The average molecular weight is 555 g/mol. The van der Waals surface area contributed by atoms with Crippen molar-refractivity contribution in [3.8, 4) is 11.5 Å². The van der Waals surface area contributed by atoms with E-state index in [-0.39, 0.29) is 26.3 Å². The minimum absolute atomic E-state index is 0.0118. The van der Waals surface area contributed by atoms with Gasteiger partial charge in [0, 0.05) is 13.1 Å². The summed E-state index contributed by atoms with van der Waals surface area (Å²) in [5, 5.41) is 81.6. The van der Waals surface area contributed by atoms with E-state index >= 15 is 0 Å². The molecule has 0 radical (unpaired) electrons. The number of nitrogens with one attached hydrogen (secondary N) is 2. The second kappa shape index (κ2) is 16.7. The Labute approximate surface area is 228 Å². The Morgan fingerprint density at radius 1 is 0.538 bits per heavy atom. The van der Waals surface area contributed by atoms with Gasteiger partial charge < -0.3 is 61.0 Å². The van der Waals surface area contributed by atoms with Gasteiger partial charge in [-0.2, -0.15) is 0 Å². The predicted octanol–water partition coefficient (Wildman–Crippen LogP) is -2.63. The molecule has 0 saturated heterocycles. The zero-order chi connectivity index (χ0) is 28.7. The third-order valence-corrected chi connectivity index (χ3v) is 6.38. The first-order chi connectivity index (χ1) is 18.8. The van der Waals surface area contributed by atoms with Crippen molar-refractivity contribution < 1.29 is 50.3 Å². The van der Waals surface area contributed by atoms with Crippen molar-refractivity contribution in [2.45, 2.75) is 29.7 Å². The van der Waals surface area contributed by atoms with Crippen molar-refractivity contribution in [2.75, 3.05) is 65.9 Å². The lowest BCUT2D eigenvalue weighted by Gasteiger charge is -2.29. The van der Waals surface area contributed by atoms with E-state index in [4.69, 9.17) is 9.47 Å². The first-order valence-electron chi connectivity index (χ1n) is 12.7. The molecule has 2 atom stereocenters. The molecule has 0 saturated carbocycles. The lowest BCUT2D eigenvalue weighted by Crippen LogP contribution is -2.57. The lowest BCUT2D eigenvalue weighted by atomic mass is 10.0. The maximum absolute atomic E-state index is 10.1. The van der Waals surface area contributed by atoms with Crippen LogP contribution in [0.5, 0.6) is 11.5 Å². The molecule has 12 heteroatoms. The number of benzene rings is 2. The highest BCUT2D eigenvalue weighted by Gasteiger charge is 2.29. The summed E-state index contributed by atoms with van der Waals surface area (Å²) in [6, 6.07) is 14.8. The van der Waals surface area contributed by atoms with E-state index in [2.05, 4.69) is 10.6 Å². The average Bonchev–Trinajstić information content (AvgIpc) is 2.98. The van der Waals surface area contributed by atoms with Gasteiger partial charge in [-0.05, 0) is 41.8 Å². The van der Waals surface area contributed by atoms with E-state index in [1.807, 2.05) is 24.3 Å². The zero-order valence-electron chi connectivity index (χ0n) is 21.9. The molecule has 0 aliphatic carbocycles. The van der Waals surface area contributed by atoms with Gasteiger partial charge in [-0.1, -0.05) is 24.3 Å². The highest BCUT2D eigenvalue weighted by Crippen LogP contribution is 2.18. The Bertz CT molecular complexity index is 829. The van der Waals surface area contributed by atoms with Crippen LogP contribution in [0.4, 0.5) is 0 Å². The van der Waals surface area contributed by atoms with Crippen LogP contribution in [-0.2, 0) is 6.42 Å². The molecule has 10 N–H and O–H groups in total. The Kier molecular flexibility index (Phi) is 14.0. The number of aliphatic hydroxyl groups is 8. The van der Waals surface area contributed by atoms with E-state index in [1.54, 1.807) is 24.3 Å². The normalized spacial score (nSPS) is 13.7. The number of rotatable bonds is 20. The summed E-state index contributed by atoms with van der Waals surface area (Å²) < 4.78 is 11.2. The van der Waals surface area contributed by atoms with Crippen LogP contribution in [0, 0.1) is 0 Å². The summed E-state index contributed by atoms with van der Waals surface area (Å²) in [7, 11) is 0. The summed E-state index contributed by atoms with van der Waals surface area (Å²) >= 11 is 0. The summed E-state index contributed by atoms with van der Waals surface area (Å²) in [4.78, 5) is 0. The third kappa shape index (κ3) is 10.6. The van der Waals surface area contributed by atoms with E-state index in [0.29, 0.717) is 17.9 Å². The summed E-state index contributed by atoms with van der Waals surface area (Å²) in [5.74, 6) is 1.14. The van der Waals surface area contributed by atoms with Crippen LogP contribution in [0.1, 0.15) is 11.1 Å². The van der Waals surface area contributed by atoms with Crippen molar-refractivity contribution in [1.29, 1.82) is 0 Å². The molecule has 0 aliphatic rings. The van der Waals surface area contributed by atoms with Crippen LogP contribution in [0.2, 0.25) is 0 Å². The topological polar surface area (TPSA) is 204 Å². The lowest BCUT2D eigenvalue weighted by molar-refractivity contribution is 0.0257. The summed E-state index contributed by atoms with van der Waals surface area (Å²) in [6.45, 7) is -2.84. The molecule has 0 spiro atoms. The maximum Gasteiger partial charge on any atom is 0.119 e. The second-order valence-corrected chi connectivity index (χ2v) is 9.67. The Balaban J connectivity index is 1.76. The Morgan fingerprint density at radius 3 is 1.13 bits per heavy atom. The van der Waals surface area contributed by atoms with Gasteiger partial charge in [0.25, 0.3) is 0 Å². The monoisotopic (exact) mass is 554 g/mol. The molecular formula is C27H42N2O10. The van der Waals surface area contributed by atoms with E-state index < -0.39 is 62.9 Å². The smallest absolute Gasteiger partial charge is 0.119 e. The van der Waals surface area contributed by atoms with E-state index in [9.17, 15) is 40.9 Å². The molecule has 0 heterocycles. The van der Waals surface area contributed by atoms with Crippen molar-refractivity contribution >= 4 is 0 Å². The van der Waals surface area contributed by atoms with Gasteiger partial charge in [-0.3, -0.25) is 0 Å².